The Labute approximate surface area is 158 Å². The maximum absolute atomic E-state index is 11.9. The topological polar surface area (TPSA) is 59.8 Å². The SMILES string of the molecule is CC.CN.Fc1ccc(F)cc1.PNC1C=C(N2CCOCC2)COC1. The Morgan fingerprint density at radius 3 is 2.00 bits per heavy atom. The minimum absolute atomic E-state index is 0.326. The number of benzene rings is 1. The molecule has 2 unspecified atom stereocenters. The van der Waals surface area contributed by atoms with Crippen LogP contribution in [-0.2, 0) is 9.47 Å². The molecule has 150 valence electrons. The molecule has 1 fully saturated rings. The fourth-order valence-corrected chi connectivity index (χ4v) is 2.38. The van der Waals surface area contributed by atoms with E-state index in [1.807, 2.05) is 13.8 Å². The smallest absolute Gasteiger partial charge is 0.123 e. The van der Waals surface area contributed by atoms with E-state index in [9.17, 15) is 8.78 Å². The molecule has 0 aromatic heterocycles. The van der Waals surface area contributed by atoms with Gasteiger partial charge in [0.2, 0.25) is 0 Å². The Bertz CT molecular complexity index is 463. The number of halogens is 2. The lowest BCUT2D eigenvalue weighted by Crippen LogP contribution is -2.40. The van der Waals surface area contributed by atoms with Crippen molar-refractivity contribution in [2.45, 2.75) is 19.9 Å². The summed E-state index contributed by atoms with van der Waals surface area (Å²) in [6.45, 7) is 9.13. The normalized spacial score (nSPS) is 18.8. The lowest BCUT2D eigenvalue weighted by atomic mass is 10.2. The average Bonchev–Trinajstić information content (AvgIpc) is 2.74. The minimum atomic E-state index is -0.411. The minimum Gasteiger partial charge on any atom is -0.378 e. The summed E-state index contributed by atoms with van der Waals surface area (Å²) in [6, 6.07) is 4.64. The van der Waals surface area contributed by atoms with Gasteiger partial charge in [-0.3, -0.25) is 5.09 Å². The molecule has 0 radical (unpaired) electrons. The number of nitrogens with two attached hydrogens (primary N) is 1. The van der Waals surface area contributed by atoms with Crippen molar-refractivity contribution in [1.29, 1.82) is 0 Å². The van der Waals surface area contributed by atoms with E-state index in [0.29, 0.717) is 6.04 Å². The van der Waals surface area contributed by atoms with Crippen LogP contribution in [0.1, 0.15) is 13.8 Å². The van der Waals surface area contributed by atoms with Crippen LogP contribution in [0.2, 0.25) is 0 Å². The van der Waals surface area contributed by atoms with Gasteiger partial charge in [-0.05, 0) is 37.4 Å². The molecule has 1 saturated heterocycles. The van der Waals surface area contributed by atoms with E-state index in [4.69, 9.17) is 9.47 Å². The van der Waals surface area contributed by atoms with Crippen LogP contribution in [0.4, 0.5) is 8.78 Å². The Balaban J connectivity index is 0.000000444. The molecule has 2 aliphatic heterocycles. The first kappa shape index (κ1) is 24.9. The fourth-order valence-electron chi connectivity index (χ4n) is 2.19. The van der Waals surface area contributed by atoms with E-state index < -0.39 is 11.6 Å². The second kappa shape index (κ2) is 16.1. The van der Waals surface area contributed by atoms with Gasteiger partial charge in [-0.1, -0.05) is 23.2 Å². The van der Waals surface area contributed by atoms with Gasteiger partial charge in [0, 0.05) is 18.8 Å². The highest BCUT2D eigenvalue weighted by molar-refractivity contribution is 7.13. The van der Waals surface area contributed by atoms with Gasteiger partial charge < -0.3 is 20.1 Å². The number of hydrogen-bond acceptors (Lipinski definition) is 5. The van der Waals surface area contributed by atoms with E-state index >= 15 is 0 Å². The van der Waals surface area contributed by atoms with Crippen molar-refractivity contribution in [3.05, 3.63) is 47.7 Å². The average molecular weight is 391 g/mol. The number of ether oxygens (including phenoxy) is 2. The molecule has 1 aromatic carbocycles. The summed E-state index contributed by atoms with van der Waals surface area (Å²) in [5.41, 5.74) is 5.79. The zero-order valence-electron chi connectivity index (χ0n) is 15.9. The second-order valence-electron chi connectivity index (χ2n) is 4.98. The molecule has 26 heavy (non-hydrogen) atoms. The second-order valence-corrected chi connectivity index (χ2v) is 5.32. The van der Waals surface area contributed by atoms with Crippen LogP contribution in [0.15, 0.2) is 36.0 Å². The highest BCUT2D eigenvalue weighted by Gasteiger charge is 2.19. The Kier molecular flexibility index (Phi) is 15.4. The molecule has 0 spiro atoms. The Hall–Kier alpha value is -1.11. The van der Waals surface area contributed by atoms with Crippen molar-refractivity contribution < 1.29 is 18.3 Å². The van der Waals surface area contributed by atoms with Crippen LogP contribution in [-0.4, -0.2) is 57.5 Å². The van der Waals surface area contributed by atoms with Crippen LogP contribution < -0.4 is 10.8 Å². The summed E-state index contributed by atoms with van der Waals surface area (Å²) in [4.78, 5) is 2.34. The third-order valence-electron chi connectivity index (χ3n) is 3.38. The van der Waals surface area contributed by atoms with Gasteiger partial charge in [-0.15, -0.1) is 0 Å². The van der Waals surface area contributed by atoms with Crippen molar-refractivity contribution in [1.82, 2.24) is 9.99 Å². The molecule has 3 N–H and O–H groups in total. The predicted molar refractivity (Wildman–Crippen MR) is 106 cm³/mol. The maximum atomic E-state index is 11.9. The molecular weight excluding hydrogens is 359 g/mol. The third-order valence-corrected chi connectivity index (χ3v) is 3.80. The van der Waals surface area contributed by atoms with Gasteiger partial charge in [-0.2, -0.15) is 0 Å². The summed E-state index contributed by atoms with van der Waals surface area (Å²) < 4.78 is 34.7. The summed E-state index contributed by atoms with van der Waals surface area (Å²) in [7, 11) is 4.03. The van der Waals surface area contributed by atoms with Crippen LogP contribution in [0.25, 0.3) is 0 Å². The lowest BCUT2D eigenvalue weighted by molar-refractivity contribution is 0.0359. The highest BCUT2D eigenvalue weighted by atomic mass is 31.0. The lowest BCUT2D eigenvalue weighted by Gasteiger charge is -2.34. The molecule has 2 atom stereocenters. The van der Waals surface area contributed by atoms with Gasteiger partial charge in [0.15, 0.2) is 0 Å². The van der Waals surface area contributed by atoms with Gasteiger partial charge >= 0.3 is 0 Å². The van der Waals surface area contributed by atoms with Gasteiger partial charge in [-0.25, -0.2) is 8.78 Å². The van der Waals surface area contributed by atoms with E-state index in [1.165, 1.54) is 12.7 Å². The van der Waals surface area contributed by atoms with Crippen LogP contribution in [0.5, 0.6) is 0 Å². The summed E-state index contributed by atoms with van der Waals surface area (Å²) in [5.74, 6) is -0.821. The number of nitrogens with one attached hydrogen (secondary N) is 1. The highest BCUT2D eigenvalue weighted by Crippen LogP contribution is 2.13. The van der Waals surface area contributed by atoms with Gasteiger partial charge in [0.1, 0.15) is 11.6 Å². The van der Waals surface area contributed by atoms with E-state index in [-0.39, 0.29) is 0 Å². The molecule has 0 bridgehead atoms. The first-order valence-electron chi connectivity index (χ1n) is 8.75. The Morgan fingerprint density at radius 1 is 1.04 bits per heavy atom. The standard InChI is InChI=1S/C9H17N2O2P.C6H4F2.C2H6.CH5N/c14-10-8-5-9(7-13-6-8)11-1-3-12-4-2-11;7-5-1-2-6(8)4-3-5;2*1-2/h5,8,10H,1-4,6-7,14H2;1-4H;1-2H3;2H2,1H3. The third kappa shape index (κ3) is 10.1. The largest absolute Gasteiger partial charge is 0.378 e. The molecule has 3 rings (SSSR count). The van der Waals surface area contributed by atoms with Gasteiger partial charge in [0.25, 0.3) is 0 Å². The molecule has 5 nitrogen and oxygen atoms in total. The van der Waals surface area contributed by atoms with Crippen molar-refractivity contribution in [3.63, 3.8) is 0 Å². The molecule has 0 saturated carbocycles. The van der Waals surface area contributed by atoms with Gasteiger partial charge in [0.05, 0.1) is 32.5 Å². The Morgan fingerprint density at radius 2 is 1.54 bits per heavy atom. The molecular formula is C18H32F2N3O2P. The molecule has 2 heterocycles. The first-order chi connectivity index (χ1) is 12.7. The predicted octanol–water partition coefficient (Wildman–Crippen LogP) is 2.55. The number of hydrogen-bond donors (Lipinski definition) is 2. The molecule has 1 aromatic rings. The zero-order valence-corrected chi connectivity index (χ0v) is 17.0. The summed E-state index contributed by atoms with van der Waals surface area (Å²) in [5, 5.41) is 3.13. The van der Waals surface area contributed by atoms with Crippen molar-refractivity contribution in [2.24, 2.45) is 5.73 Å². The molecule has 0 aliphatic carbocycles. The molecule has 0 amide bonds. The van der Waals surface area contributed by atoms with E-state index in [0.717, 1.165) is 63.8 Å². The molecule has 8 heteroatoms. The zero-order chi connectivity index (χ0) is 19.8. The van der Waals surface area contributed by atoms with Crippen molar-refractivity contribution in [3.8, 4) is 0 Å². The number of morpholine rings is 1. The number of nitrogens with zero attached hydrogens (tertiary/aromatic N) is 1. The van der Waals surface area contributed by atoms with Crippen LogP contribution >= 0.6 is 9.39 Å². The number of rotatable bonds is 2. The van der Waals surface area contributed by atoms with Crippen LogP contribution in [0.3, 0.4) is 0 Å². The first-order valence-corrected chi connectivity index (χ1v) is 9.33. The molecule has 2 aliphatic rings. The fraction of sp³-hybridized carbons (Fsp3) is 0.556. The monoisotopic (exact) mass is 391 g/mol. The van der Waals surface area contributed by atoms with Crippen molar-refractivity contribution >= 4 is 9.39 Å². The summed E-state index contributed by atoms with van der Waals surface area (Å²) >= 11 is 0. The summed E-state index contributed by atoms with van der Waals surface area (Å²) in [6.07, 6.45) is 2.25. The maximum Gasteiger partial charge on any atom is 0.123 e. The van der Waals surface area contributed by atoms with Crippen LogP contribution in [0, 0.1) is 11.6 Å². The van der Waals surface area contributed by atoms with Crippen molar-refractivity contribution in [2.75, 3.05) is 46.6 Å². The quantitative estimate of drug-likeness (QED) is 0.759. The van der Waals surface area contributed by atoms with E-state index in [1.54, 1.807) is 0 Å². The van der Waals surface area contributed by atoms with E-state index in [2.05, 4.69) is 31.2 Å².